The lowest BCUT2D eigenvalue weighted by Gasteiger charge is -2.19. The van der Waals surface area contributed by atoms with Gasteiger partial charge in [-0.2, -0.15) is 0 Å². The minimum atomic E-state index is -0.0229. The first-order chi connectivity index (χ1) is 11.7. The van der Waals surface area contributed by atoms with Crippen LogP contribution in [0.1, 0.15) is 48.7 Å². The number of carbonyl (C=O) groups excluding carboxylic acids is 1. The molecule has 1 aliphatic carbocycles. The fourth-order valence-corrected chi connectivity index (χ4v) is 2.99. The van der Waals surface area contributed by atoms with Crippen molar-refractivity contribution in [2.45, 2.75) is 32.6 Å². The van der Waals surface area contributed by atoms with Crippen LogP contribution in [0.5, 0.6) is 0 Å². The molecule has 124 valence electrons. The molecule has 0 aromatic carbocycles. The normalized spacial score (nSPS) is 14.2. The third kappa shape index (κ3) is 2.38. The average molecular weight is 325 g/mol. The SMILES string of the molecule is CCN(CC)C(=O)c1cc(C2CC2)nc2onc(-c3ccco3)c12. The van der Waals surface area contributed by atoms with Gasteiger partial charge < -0.3 is 13.8 Å². The summed E-state index contributed by atoms with van der Waals surface area (Å²) in [4.78, 5) is 19.4. The minimum absolute atomic E-state index is 0.0229. The van der Waals surface area contributed by atoms with E-state index in [2.05, 4.69) is 10.1 Å². The molecule has 0 radical (unpaired) electrons. The highest BCUT2D eigenvalue weighted by molar-refractivity contribution is 6.09. The molecular weight excluding hydrogens is 306 g/mol. The average Bonchev–Trinajstić information content (AvgIpc) is 3.14. The Morgan fingerprint density at radius 1 is 1.33 bits per heavy atom. The number of hydrogen-bond acceptors (Lipinski definition) is 5. The van der Waals surface area contributed by atoms with Gasteiger partial charge in [-0.15, -0.1) is 0 Å². The molecule has 0 aliphatic heterocycles. The predicted molar refractivity (Wildman–Crippen MR) is 88.7 cm³/mol. The number of amides is 1. The van der Waals surface area contributed by atoms with E-state index in [0.717, 1.165) is 18.5 Å². The van der Waals surface area contributed by atoms with Gasteiger partial charge in [-0.3, -0.25) is 4.79 Å². The summed E-state index contributed by atoms with van der Waals surface area (Å²) in [6, 6.07) is 5.50. The van der Waals surface area contributed by atoms with Gasteiger partial charge in [0.15, 0.2) is 11.5 Å². The van der Waals surface area contributed by atoms with Crippen LogP contribution in [-0.2, 0) is 0 Å². The number of hydrogen-bond donors (Lipinski definition) is 0. The lowest BCUT2D eigenvalue weighted by Crippen LogP contribution is -2.30. The van der Waals surface area contributed by atoms with E-state index in [-0.39, 0.29) is 5.91 Å². The summed E-state index contributed by atoms with van der Waals surface area (Å²) in [6.45, 7) is 5.25. The Morgan fingerprint density at radius 2 is 2.12 bits per heavy atom. The lowest BCUT2D eigenvalue weighted by molar-refractivity contribution is 0.0774. The van der Waals surface area contributed by atoms with Crippen LogP contribution in [0.25, 0.3) is 22.6 Å². The van der Waals surface area contributed by atoms with Crippen molar-refractivity contribution in [3.63, 3.8) is 0 Å². The van der Waals surface area contributed by atoms with E-state index in [9.17, 15) is 4.79 Å². The second kappa shape index (κ2) is 5.78. The zero-order valence-corrected chi connectivity index (χ0v) is 13.8. The van der Waals surface area contributed by atoms with Crippen molar-refractivity contribution in [2.24, 2.45) is 0 Å². The highest BCUT2D eigenvalue weighted by atomic mass is 16.5. The number of fused-ring (bicyclic) bond motifs is 1. The summed E-state index contributed by atoms with van der Waals surface area (Å²) in [5, 5.41) is 4.74. The molecule has 4 rings (SSSR count). The standard InChI is InChI=1S/C18H19N3O3/c1-3-21(4-2)18(22)12-10-13(11-7-8-11)19-17-15(12)16(20-24-17)14-6-5-9-23-14/h5-6,9-11H,3-4,7-8H2,1-2H3. The maximum Gasteiger partial charge on any atom is 0.259 e. The van der Waals surface area contributed by atoms with Gasteiger partial charge in [-0.25, -0.2) is 4.98 Å². The number of nitrogens with zero attached hydrogens (tertiary/aromatic N) is 3. The Hall–Kier alpha value is -2.63. The quantitative estimate of drug-likeness (QED) is 0.712. The molecule has 0 bridgehead atoms. The van der Waals surface area contributed by atoms with E-state index in [4.69, 9.17) is 8.94 Å². The van der Waals surface area contributed by atoms with E-state index in [1.165, 1.54) is 0 Å². The van der Waals surface area contributed by atoms with E-state index in [0.29, 0.717) is 47.1 Å². The van der Waals surface area contributed by atoms with Crippen molar-refractivity contribution >= 4 is 17.0 Å². The van der Waals surface area contributed by atoms with Crippen LogP contribution in [0.3, 0.4) is 0 Å². The van der Waals surface area contributed by atoms with Crippen LogP contribution in [0, 0.1) is 0 Å². The second-order valence-electron chi connectivity index (χ2n) is 6.04. The van der Waals surface area contributed by atoms with Gasteiger partial charge in [0.25, 0.3) is 11.6 Å². The van der Waals surface area contributed by atoms with Gasteiger partial charge in [-0.05, 0) is 44.9 Å². The van der Waals surface area contributed by atoms with Crippen molar-refractivity contribution in [1.82, 2.24) is 15.0 Å². The largest absolute Gasteiger partial charge is 0.463 e. The summed E-state index contributed by atoms with van der Waals surface area (Å²) < 4.78 is 10.9. The van der Waals surface area contributed by atoms with Crippen LogP contribution < -0.4 is 0 Å². The zero-order chi connectivity index (χ0) is 16.7. The molecule has 0 spiro atoms. The molecule has 0 atom stereocenters. The number of aromatic nitrogens is 2. The Kier molecular flexibility index (Phi) is 3.59. The zero-order valence-electron chi connectivity index (χ0n) is 13.8. The minimum Gasteiger partial charge on any atom is -0.463 e. The van der Waals surface area contributed by atoms with E-state index < -0.39 is 0 Å². The van der Waals surface area contributed by atoms with Crippen LogP contribution in [0.15, 0.2) is 33.4 Å². The van der Waals surface area contributed by atoms with E-state index in [1.807, 2.05) is 19.9 Å². The summed E-state index contributed by atoms with van der Waals surface area (Å²) in [7, 11) is 0. The first kappa shape index (κ1) is 14.9. The lowest BCUT2D eigenvalue weighted by atomic mass is 10.1. The number of rotatable bonds is 5. The van der Waals surface area contributed by atoms with Gasteiger partial charge in [0.1, 0.15) is 0 Å². The van der Waals surface area contributed by atoms with Gasteiger partial charge in [0.05, 0.1) is 17.2 Å². The van der Waals surface area contributed by atoms with Crippen molar-refractivity contribution in [1.29, 1.82) is 0 Å². The molecular formula is C18H19N3O3. The Morgan fingerprint density at radius 3 is 2.75 bits per heavy atom. The van der Waals surface area contributed by atoms with Crippen LogP contribution in [0.4, 0.5) is 0 Å². The Bertz CT molecular complexity index is 874. The summed E-state index contributed by atoms with van der Waals surface area (Å²) in [5.74, 6) is 0.975. The first-order valence-corrected chi connectivity index (χ1v) is 8.36. The molecule has 1 fully saturated rings. The van der Waals surface area contributed by atoms with Crippen molar-refractivity contribution < 1.29 is 13.7 Å². The second-order valence-corrected chi connectivity index (χ2v) is 6.04. The third-order valence-corrected chi connectivity index (χ3v) is 4.50. The maximum atomic E-state index is 13.0. The third-order valence-electron chi connectivity index (χ3n) is 4.50. The van der Waals surface area contributed by atoms with Gasteiger partial charge >= 0.3 is 0 Å². The molecule has 6 heteroatoms. The van der Waals surface area contributed by atoms with Crippen LogP contribution in [-0.4, -0.2) is 34.0 Å². The molecule has 3 aromatic rings. The first-order valence-electron chi connectivity index (χ1n) is 8.36. The molecule has 0 saturated heterocycles. The van der Waals surface area contributed by atoms with Gasteiger partial charge in [0.2, 0.25) is 0 Å². The highest BCUT2D eigenvalue weighted by Crippen LogP contribution is 2.41. The van der Waals surface area contributed by atoms with Crippen molar-refractivity contribution in [3.8, 4) is 11.5 Å². The smallest absolute Gasteiger partial charge is 0.259 e. The molecule has 24 heavy (non-hydrogen) atoms. The van der Waals surface area contributed by atoms with Crippen molar-refractivity contribution in [2.75, 3.05) is 13.1 Å². The van der Waals surface area contributed by atoms with Gasteiger partial charge in [-0.1, -0.05) is 5.16 Å². The number of furan rings is 1. The fraction of sp³-hybridized carbons (Fsp3) is 0.389. The monoisotopic (exact) mass is 325 g/mol. The molecule has 1 aliphatic rings. The van der Waals surface area contributed by atoms with E-state index in [1.54, 1.807) is 23.3 Å². The molecule has 6 nitrogen and oxygen atoms in total. The van der Waals surface area contributed by atoms with Gasteiger partial charge in [0, 0.05) is 24.7 Å². The topological polar surface area (TPSA) is 72.4 Å². The predicted octanol–water partition coefficient (Wildman–Crippen LogP) is 3.84. The molecule has 3 aromatic heterocycles. The molecule has 1 amide bonds. The summed E-state index contributed by atoms with van der Waals surface area (Å²) in [6.07, 6.45) is 3.79. The summed E-state index contributed by atoms with van der Waals surface area (Å²) >= 11 is 0. The maximum absolute atomic E-state index is 13.0. The fourth-order valence-electron chi connectivity index (χ4n) is 2.99. The highest BCUT2D eigenvalue weighted by Gasteiger charge is 2.30. The molecule has 3 heterocycles. The van der Waals surface area contributed by atoms with Crippen LogP contribution in [0.2, 0.25) is 0 Å². The number of pyridine rings is 1. The molecule has 0 unspecified atom stereocenters. The van der Waals surface area contributed by atoms with Crippen molar-refractivity contribution in [3.05, 3.63) is 35.7 Å². The Labute approximate surface area is 139 Å². The molecule has 1 saturated carbocycles. The Balaban J connectivity index is 1.93. The van der Waals surface area contributed by atoms with Crippen LogP contribution >= 0.6 is 0 Å². The molecule has 0 N–H and O–H groups in total. The number of carbonyl (C=O) groups is 1. The van der Waals surface area contributed by atoms with E-state index >= 15 is 0 Å². The summed E-state index contributed by atoms with van der Waals surface area (Å²) in [5.41, 5.74) is 2.44.